The smallest absolute Gasteiger partial charge is 0.0544 e. The molecule has 2 heteroatoms. The van der Waals surface area contributed by atoms with Crippen molar-refractivity contribution in [3.8, 4) is 0 Å². The molecule has 0 aliphatic carbocycles. The Hall–Kier alpha value is -2.61. The number of hydrazone groups is 1. The Morgan fingerprint density at radius 3 is 2.11 bits per heavy atom. The minimum atomic E-state index is 1.06. The molecule has 4 aromatic carbocycles. The summed E-state index contributed by atoms with van der Waals surface area (Å²) in [5.74, 6) is 5.30. The van der Waals surface area contributed by atoms with Gasteiger partial charge in [-0.15, -0.1) is 0 Å². The molecule has 0 fully saturated rings. The van der Waals surface area contributed by atoms with Gasteiger partial charge in [-0.1, -0.05) is 54.6 Å². The van der Waals surface area contributed by atoms with Gasteiger partial charge >= 0.3 is 0 Å². The van der Waals surface area contributed by atoms with E-state index in [9.17, 15) is 0 Å². The SMILES string of the molecule is N/N=C\c1ccc2ccc3cccc4ccc1c2c34. The molecular formula is C17H12N2. The van der Waals surface area contributed by atoms with Gasteiger partial charge in [-0.25, -0.2) is 0 Å². The summed E-state index contributed by atoms with van der Waals surface area (Å²) in [5.41, 5.74) is 1.06. The van der Waals surface area contributed by atoms with Crippen LogP contribution in [0.25, 0.3) is 32.3 Å². The highest BCUT2D eigenvalue weighted by atomic mass is 15.1. The van der Waals surface area contributed by atoms with Crippen LogP contribution in [-0.2, 0) is 0 Å². The van der Waals surface area contributed by atoms with E-state index in [1.165, 1.54) is 32.3 Å². The molecule has 4 aromatic rings. The maximum absolute atomic E-state index is 5.30. The largest absolute Gasteiger partial charge is 0.323 e. The van der Waals surface area contributed by atoms with Gasteiger partial charge < -0.3 is 5.84 Å². The lowest BCUT2D eigenvalue weighted by Gasteiger charge is -2.11. The molecule has 90 valence electrons. The van der Waals surface area contributed by atoms with E-state index in [0.29, 0.717) is 0 Å². The summed E-state index contributed by atoms with van der Waals surface area (Å²) in [6, 6.07) is 19.3. The van der Waals surface area contributed by atoms with Gasteiger partial charge in [0.15, 0.2) is 0 Å². The predicted octanol–water partition coefficient (Wildman–Crippen LogP) is 3.88. The van der Waals surface area contributed by atoms with Crippen molar-refractivity contribution >= 4 is 38.5 Å². The van der Waals surface area contributed by atoms with Gasteiger partial charge in [0.25, 0.3) is 0 Å². The third-order valence-electron chi connectivity index (χ3n) is 3.78. The third kappa shape index (κ3) is 1.34. The maximum atomic E-state index is 5.30. The lowest BCUT2D eigenvalue weighted by molar-refractivity contribution is 1.26. The molecule has 0 aromatic heterocycles. The number of hydrogen-bond acceptors (Lipinski definition) is 2. The molecule has 0 unspecified atom stereocenters. The first-order valence-corrected chi connectivity index (χ1v) is 6.28. The fourth-order valence-corrected chi connectivity index (χ4v) is 2.95. The zero-order chi connectivity index (χ0) is 12.8. The highest BCUT2D eigenvalue weighted by Crippen LogP contribution is 2.35. The number of rotatable bonds is 1. The van der Waals surface area contributed by atoms with E-state index in [-0.39, 0.29) is 0 Å². The van der Waals surface area contributed by atoms with Crippen molar-refractivity contribution in [2.75, 3.05) is 0 Å². The Kier molecular flexibility index (Phi) is 2.00. The van der Waals surface area contributed by atoms with Crippen LogP contribution in [-0.4, -0.2) is 6.21 Å². The van der Waals surface area contributed by atoms with Crippen molar-refractivity contribution < 1.29 is 0 Å². The number of nitrogens with two attached hydrogens (primary N) is 1. The van der Waals surface area contributed by atoms with Gasteiger partial charge in [0, 0.05) is 5.56 Å². The van der Waals surface area contributed by atoms with Gasteiger partial charge in [0.1, 0.15) is 0 Å². The van der Waals surface area contributed by atoms with Crippen LogP contribution in [0.3, 0.4) is 0 Å². The van der Waals surface area contributed by atoms with Crippen LogP contribution in [0.15, 0.2) is 59.7 Å². The quantitative estimate of drug-likeness (QED) is 0.235. The summed E-state index contributed by atoms with van der Waals surface area (Å²) in [6.45, 7) is 0. The van der Waals surface area contributed by atoms with E-state index in [1.807, 2.05) is 0 Å². The minimum absolute atomic E-state index is 1.06. The number of hydrogen-bond donors (Lipinski definition) is 1. The first-order chi connectivity index (χ1) is 9.38. The van der Waals surface area contributed by atoms with Gasteiger partial charge in [-0.05, 0) is 32.3 Å². The van der Waals surface area contributed by atoms with Crippen molar-refractivity contribution in [2.24, 2.45) is 10.9 Å². The molecule has 0 aliphatic heterocycles. The fourth-order valence-electron chi connectivity index (χ4n) is 2.95. The van der Waals surface area contributed by atoms with E-state index in [1.54, 1.807) is 6.21 Å². The van der Waals surface area contributed by atoms with Crippen LogP contribution in [0.1, 0.15) is 5.56 Å². The van der Waals surface area contributed by atoms with Crippen molar-refractivity contribution in [3.63, 3.8) is 0 Å². The average molecular weight is 244 g/mol. The number of benzene rings is 4. The molecule has 0 bridgehead atoms. The van der Waals surface area contributed by atoms with Crippen molar-refractivity contribution in [3.05, 3.63) is 60.2 Å². The molecule has 19 heavy (non-hydrogen) atoms. The monoisotopic (exact) mass is 244 g/mol. The number of nitrogens with zero attached hydrogens (tertiary/aromatic N) is 1. The summed E-state index contributed by atoms with van der Waals surface area (Å²) in [7, 11) is 0. The molecule has 0 radical (unpaired) electrons. The molecule has 0 saturated heterocycles. The normalized spacial score (nSPS) is 12.2. The van der Waals surface area contributed by atoms with E-state index in [0.717, 1.165) is 5.56 Å². The van der Waals surface area contributed by atoms with E-state index < -0.39 is 0 Å². The average Bonchev–Trinajstić information content (AvgIpc) is 2.46. The summed E-state index contributed by atoms with van der Waals surface area (Å²) in [6.07, 6.45) is 1.71. The Morgan fingerprint density at radius 1 is 0.737 bits per heavy atom. The molecule has 2 N–H and O–H groups in total. The van der Waals surface area contributed by atoms with E-state index in [4.69, 9.17) is 5.84 Å². The van der Waals surface area contributed by atoms with Crippen molar-refractivity contribution in [1.29, 1.82) is 0 Å². The molecule has 0 aliphatic rings. The first-order valence-electron chi connectivity index (χ1n) is 6.28. The second-order valence-corrected chi connectivity index (χ2v) is 4.79. The van der Waals surface area contributed by atoms with Gasteiger partial charge in [-0.3, -0.25) is 0 Å². The zero-order valence-corrected chi connectivity index (χ0v) is 10.3. The summed E-state index contributed by atoms with van der Waals surface area (Å²) >= 11 is 0. The second kappa shape index (κ2) is 3.69. The lowest BCUT2D eigenvalue weighted by atomic mass is 9.92. The van der Waals surface area contributed by atoms with E-state index >= 15 is 0 Å². The van der Waals surface area contributed by atoms with Crippen LogP contribution in [0.5, 0.6) is 0 Å². The van der Waals surface area contributed by atoms with Crippen molar-refractivity contribution in [2.45, 2.75) is 0 Å². The molecule has 0 atom stereocenters. The highest BCUT2D eigenvalue weighted by Gasteiger charge is 2.09. The fraction of sp³-hybridized carbons (Fsp3) is 0. The molecule has 2 nitrogen and oxygen atoms in total. The molecule has 0 saturated carbocycles. The van der Waals surface area contributed by atoms with Gasteiger partial charge in [-0.2, -0.15) is 5.10 Å². The first kappa shape index (κ1) is 10.3. The Morgan fingerprint density at radius 2 is 1.37 bits per heavy atom. The Labute approximate surface area is 110 Å². The Balaban J connectivity index is 2.34. The second-order valence-electron chi connectivity index (χ2n) is 4.79. The van der Waals surface area contributed by atoms with Crippen LogP contribution in [0.2, 0.25) is 0 Å². The molecule has 0 spiro atoms. The summed E-state index contributed by atoms with van der Waals surface area (Å²) < 4.78 is 0. The van der Waals surface area contributed by atoms with Crippen LogP contribution in [0.4, 0.5) is 0 Å². The van der Waals surface area contributed by atoms with Gasteiger partial charge in [0.05, 0.1) is 6.21 Å². The van der Waals surface area contributed by atoms with Gasteiger partial charge in [0.2, 0.25) is 0 Å². The molecular weight excluding hydrogens is 232 g/mol. The van der Waals surface area contributed by atoms with E-state index in [2.05, 4.69) is 59.7 Å². The van der Waals surface area contributed by atoms with Crippen LogP contribution >= 0.6 is 0 Å². The zero-order valence-electron chi connectivity index (χ0n) is 10.3. The van der Waals surface area contributed by atoms with Crippen molar-refractivity contribution in [1.82, 2.24) is 0 Å². The predicted molar refractivity (Wildman–Crippen MR) is 81.9 cm³/mol. The summed E-state index contributed by atoms with van der Waals surface area (Å²) in [4.78, 5) is 0. The van der Waals surface area contributed by atoms with Crippen LogP contribution in [0, 0.1) is 0 Å². The lowest BCUT2D eigenvalue weighted by Crippen LogP contribution is -1.90. The van der Waals surface area contributed by atoms with Crippen LogP contribution < -0.4 is 5.84 Å². The standard InChI is InChI=1S/C17H12N2/c18-19-10-14-7-6-13-5-4-11-2-1-3-12-8-9-15(14)17(13)16(11)12/h1-10H,18H2/b19-10-. The Bertz CT molecular complexity index is 907. The summed E-state index contributed by atoms with van der Waals surface area (Å²) in [5, 5.41) is 11.3. The molecule has 4 rings (SSSR count). The highest BCUT2D eigenvalue weighted by molar-refractivity contribution is 6.25. The third-order valence-corrected chi connectivity index (χ3v) is 3.78. The topological polar surface area (TPSA) is 38.4 Å². The molecule has 0 heterocycles. The minimum Gasteiger partial charge on any atom is -0.323 e. The molecule has 0 amide bonds. The maximum Gasteiger partial charge on any atom is 0.0544 e.